The lowest BCUT2D eigenvalue weighted by atomic mass is 9.81. The molecule has 2 fully saturated rings. The number of halogens is 1. The lowest BCUT2D eigenvalue weighted by Gasteiger charge is -2.34. The number of nitrogens with zero attached hydrogens (tertiary/aromatic N) is 1. The van der Waals surface area contributed by atoms with Crippen LogP contribution in [0, 0.1) is 11.7 Å². The minimum Gasteiger partial charge on any atom is -0.480 e. The van der Waals surface area contributed by atoms with E-state index in [2.05, 4.69) is 0 Å². The predicted molar refractivity (Wildman–Crippen MR) is 86.2 cm³/mol. The smallest absolute Gasteiger partial charge is 0.264 e. The Morgan fingerprint density at radius 2 is 2.08 bits per heavy atom. The van der Waals surface area contributed by atoms with E-state index in [0.29, 0.717) is 30.9 Å². The van der Waals surface area contributed by atoms with Crippen LogP contribution in [0.1, 0.15) is 44.1 Å². The first-order chi connectivity index (χ1) is 11.6. The van der Waals surface area contributed by atoms with Crippen LogP contribution in [0.15, 0.2) is 18.2 Å². The summed E-state index contributed by atoms with van der Waals surface area (Å²) in [6.45, 7) is 0.692. The number of Topliss-reactive ketones (excluding diaryl/α,β-unsaturated/α-hetero) is 1. The van der Waals surface area contributed by atoms with Crippen molar-refractivity contribution in [3.05, 3.63) is 29.6 Å². The summed E-state index contributed by atoms with van der Waals surface area (Å²) < 4.78 is 19.1. The molecule has 2 aliphatic heterocycles. The highest BCUT2D eigenvalue weighted by Crippen LogP contribution is 2.35. The number of amides is 1. The summed E-state index contributed by atoms with van der Waals surface area (Å²) >= 11 is 0. The maximum Gasteiger partial charge on any atom is 0.264 e. The highest BCUT2D eigenvalue weighted by atomic mass is 19.1. The topological polar surface area (TPSA) is 46.6 Å². The lowest BCUT2D eigenvalue weighted by Crippen LogP contribution is -2.48. The van der Waals surface area contributed by atoms with Gasteiger partial charge in [-0.3, -0.25) is 9.59 Å². The average Bonchev–Trinajstić information content (AvgIpc) is 3.20. The molecule has 24 heavy (non-hydrogen) atoms. The predicted octanol–water partition coefficient (Wildman–Crippen LogP) is 2.88. The van der Waals surface area contributed by atoms with Crippen LogP contribution in [0.25, 0.3) is 0 Å². The Kier molecular flexibility index (Phi) is 4.02. The third-order valence-electron chi connectivity index (χ3n) is 5.62. The minimum atomic E-state index is -0.582. The van der Waals surface area contributed by atoms with Gasteiger partial charge >= 0.3 is 0 Å². The molecule has 128 valence electrons. The SMILES string of the molecule is O=C1CCCC[C@@H]1[C@H]1CCCN1C(=O)[C@H]1Cc2cc(F)ccc2O1. The largest absolute Gasteiger partial charge is 0.480 e. The standard InChI is InChI=1S/C19H22FNO3/c20-13-7-8-17-12(10-13)11-18(24-17)19(23)21-9-3-5-15(21)14-4-1-2-6-16(14)22/h7-8,10,14-15,18H,1-6,9,11H2/t14-,15-,18-/m1/s1. The molecule has 1 aromatic carbocycles. The zero-order valence-electron chi connectivity index (χ0n) is 13.7. The van der Waals surface area contributed by atoms with E-state index < -0.39 is 6.10 Å². The maximum atomic E-state index is 13.4. The van der Waals surface area contributed by atoms with Crippen molar-refractivity contribution < 1.29 is 18.7 Å². The zero-order valence-corrected chi connectivity index (χ0v) is 13.7. The molecule has 1 amide bonds. The van der Waals surface area contributed by atoms with Crippen LogP contribution in [0.3, 0.4) is 0 Å². The molecule has 0 unspecified atom stereocenters. The third kappa shape index (κ3) is 2.70. The van der Waals surface area contributed by atoms with Gasteiger partial charge in [-0.1, -0.05) is 6.42 Å². The van der Waals surface area contributed by atoms with Gasteiger partial charge < -0.3 is 9.64 Å². The van der Waals surface area contributed by atoms with Crippen LogP contribution < -0.4 is 4.74 Å². The fourth-order valence-electron chi connectivity index (χ4n) is 4.44. The number of carbonyl (C=O) groups is 2. The quantitative estimate of drug-likeness (QED) is 0.837. The molecule has 1 aliphatic carbocycles. The Hall–Kier alpha value is -1.91. The molecule has 1 saturated heterocycles. The number of hydrogen-bond acceptors (Lipinski definition) is 3. The monoisotopic (exact) mass is 331 g/mol. The van der Waals surface area contributed by atoms with E-state index in [0.717, 1.165) is 37.7 Å². The van der Waals surface area contributed by atoms with E-state index in [1.807, 2.05) is 4.90 Å². The van der Waals surface area contributed by atoms with Crippen LogP contribution in [0.5, 0.6) is 5.75 Å². The Morgan fingerprint density at radius 3 is 2.92 bits per heavy atom. The van der Waals surface area contributed by atoms with Crippen molar-refractivity contribution in [1.82, 2.24) is 4.90 Å². The van der Waals surface area contributed by atoms with Crippen molar-refractivity contribution in [1.29, 1.82) is 0 Å². The van der Waals surface area contributed by atoms with Crippen molar-refractivity contribution in [2.24, 2.45) is 5.92 Å². The molecule has 4 rings (SSSR count). The van der Waals surface area contributed by atoms with Crippen LogP contribution in [0.4, 0.5) is 4.39 Å². The van der Waals surface area contributed by atoms with Crippen LogP contribution in [0.2, 0.25) is 0 Å². The maximum absolute atomic E-state index is 13.4. The van der Waals surface area contributed by atoms with Gasteiger partial charge in [0.05, 0.1) is 0 Å². The van der Waals surface area contributed by atoms with E-state index in [9.17, 15) is 14.0 Å². The molecule has 4 nitrogen and oxygen atoms in total. The Labute approximate surface area is 141 Å². The number of rotatable bonds is 2. The zero-order chi connectivity index (χ0) is 16.7. The number of carbonyl (C=O) groups excluding carboxylic acids is 2. The van der Waals surface area contributed by atoms with Gasteiger partial charge in [0.1, 0.15) is 17.3 Å². The number of fused-ring (bicyclic) bond motifs is 1. The molecule has 5 heteroatoms. The number of hydrogen-bond donors (Lipinski definition) is 0. The summed E-state index contributed by atoms with van der Waals surface area (Å²) in [6.07, 6.45) is 5.25. The van der Waals surface area contributed by atoms with Gasteiger partial charge in [-0.05, 0) is 43.9 Å². The van der Waals surface area contributed by atoms with Crippen molar-refractivity contribution in [2.45, 2.75) is 57.1 Å². The highest BCUT2D eigenvalue weighted by Gasteiger charge is 2.42. The normalized spacial score (nSPS) is 29.5. The molecule has 0 N–H and O–H groups in total. The lowest BCUT2D eigenvalue weighted by molar-refractivity contribution is -0.141. The molecule has 2 heterocycles. The molecule has 1 aromatic rings. The summed E-state index contributed by atoms with van der Waals surface area (Å²) in [5.74, 6) is 0.541. The van der Waals surface area contributed by atoms with Gasteiger partial charge in [0.25, 0.3) is 5.91 Å². The summed E-state index contributed by atoms with van der Waals surface area (Å²) in [7, 11) is 0. The van der Waals surface area contributed by atoms with Crippen molar-refractivity contribution in [3.8, 4) is 5.75 Å². The van der Waals surface area contributed by atoms with Crippen LogP contribution in [-0.4, -0.2) is 35.3 Å². The van der Waals surface area contributed by atoms with E-state index >= 15 is 0 Å². The second-order valence-electron chi connectivity index (χ2n) is 7.12. The Balaban J connectivity index is 1.49. The van der Waals surface area contributed by atoms with Crippen molar-refractivity contribution in [3.63, 3.8) is 0 Å². The third-order valence-corrected chi connectivity index (χ3v) is 5.62. The Morgan fingerprint density at radius 1 is 1.21 bits per heavy atom. The van der Waals surface area contributed by atoms with Gasteiger partial charge in [0, 0.05) is 36.9 Å². The summed E-state index contributed by atoms with van der Waals surface area (Å²) in [5.41, 5.74) is 0.748. The molecule has 0 bridgehead atoms. The van der Waals surface area contributed by atoms with Gasteiger partial charge in [0.15, 0.2) is 6.10 Å². The van der Waals surface area contributed by atoms with Crippen LogP contribution in [-0.2, 0) is 16.0 Å². The molecule has 3 atom stereocenters. The number of ether oxygens (including phenoxy) is 1. The Bertz CT molecular complexity index is 675. The van der Waals surface area contributed by atoms with E-state index in [-0.39, 0.29) is 23.7 Å². The molecule has 0 aromatic heterocycles. The summed E-state index contributed by atoms with van der Waals surface area (Å²) in [6, 6.07) is 4.40. The number of benzene rings is 1. The van der Waals surface area contributed by atoms with Crippen LogP contribution >= 0.6 is 0 Å². The van der Waals surface area contributed by atoms with E-state index in [4.69, 9.17) is 4.74 Å². The van der Waals surface area contributed by atoms with Crippen molar-refractivity contribution >= 4 is 11.7 Å². The molecular weight excluding hydrogens is 309 g/mol. The molecule has 0 spiro atoms. The highest BCUT2D eigenvalue weighted by molar-refractivity contribution is 5.86. The van der Waals surface area contributed by atoms with E-state index in [1.165, 1.54) is 12.1 Å². The van der Waals surface area contributed by atoms with Crippen molar-refractivity contribution in [2.75, 3.05) is 6.54 Å². The number of likely N-dealkylation sites (tertiary alicyclic amines) is 1. The summed E-state index contributed by atoms with van der Waals surface area (Å²) in [4.78, 5) is 27.1. The number of ketones is 1. The fourth-order valence-corrected chi connectivity index (χ4v) is 4.44. The molecule has 3 aliphatic rings. The second-order valence-corrected chi connectivity index (χ2v) is 7.12. The second kappa shape index (κ2) is 6.19. The fraction of sp³-hybridized carbons (Fsp3) is 0.579. The first-order valence-corrected chi connectivity index (χ1v) is 8.92. The molecular formula is C19H22FNO3. The van der Waals surface area contributed by atoms with E-state index in [1.54, 1.807) is 6.07 Å². The molecule has 1 saturated carbocycles. The molecule has 0 radical (unpaired) electrons. The minimum absolute atomic E-state index is 0.00794. The first-order valence-electron chi connectivity index (χ1n) is 8.92. The van der Waals surface area contributed by atoms with Gasteiger partial charge in [-0.15, -0.1) is 0 Å². The van der Waals surface area contributed by atoms with Gasteiger partial charge in [0.2, 0.25) is 0 Å². The summed E-state index contributed by atoms with van der Waals surface area (Å²) in [5, 5.41) is 0. The first kappa shape index (κ1) is 15.6. The van der Waals surface area contributed by atoms with Gasteiger partial charge in [-0.2, -0.15) is 0 Å². The average molecular weight is 331 g/mol. The van der Waals surface area contributed by atoms with Gasteiger partial charge in [-0.25, -0.2) is 4.39 Å².